The van der Waals surface area contributed by atoms with Crippen LogP contribution >= 0.6 is 15.9 Å². The van der Waals surface area contributed by atoms with Gasteiger partial charge < -0.3 is 14.2 Å². The number of imide groups is 2. The predicted molar refractivity (Wildman–Crippen MR) is 143 cm³/mol. The van der Waals surface area contributed by atoms with Crippen LogP contribution in [0.3, 0.4) is 0 Å². The summed E-state index contributed by atoms with van der Waals surface area (Å²) in [6.07, 6.45) is 1.41. The molecular formula is C28H25BrN2O6. The summed E-state index contributed by atoms with van der Waals surface area (Å²) in [7, 11) is 1.50. The smallest absolute Gasteiger partial charge is 0.335 e. The van der Waals surface area contributed by atoms with Crippen LogP contribution in [-0.2, 0) is 9.59 Å². The van der Waals surface area contributed by atoms with Crippen LogP contribution in [0.15, 0.2) is 70.7 Å². The highest BCUT2D eigenvalue weighted by molar-refractivity contribution is 9.10. The maximum Gasteiger partial charge on any atom is 0.335 e. The third kappa shape index (κ3) is 5.83. The Morgan fingerprint density at radius 1 is 0.892 bits per heavy atom. The number of hydrogen-bond donors (Lipinski definition) is 1. The zero-order valence-electron chi connectivity index (χ0n) is 20.5. The number of carbonyl (C=O) groups excluding carboxylic acids is 3. The van der Waals surface area contributed by atoms with Gasteiger partial charge in [-0.15, -0.1) is 0 Å². The first-order chi connectivity index (χ1) is 17.8. The summed E-state index contributed by atoms with van der Waals surface area (Å²) < 4.78 is 18.0. The van der Waals surface area contributed by atoms with Crippen LogP contribution in [-0.4, -0.2) is 38.2 Å². The van der Waals surface area contributed by atoms with Crippen molar-refractivity contribution in [3.63, 3.8) is 0 Å². The van der Waals surface area contributed by atoms with Gasteiger partial charge in [-0.05, 0) is 73.0 Å². The number of urea groups is 1. The van der Waals surface area contributed by atoms with Gasteiger partial charge in [-0.1, -0.05) is 40.2 Å². The number of rotatable bonds is 8. The van der Waals surface area contributed by atoms with Crippen molar-refractivity contribution >= 4 is 45.5 Å². The maximum absolute atomic E-state index is 13.1. The molecule has 1 aliphatic heterocycles. The van der Waals surface area contributed by atoms with Crippen LogP contribution in [0.2, 0.25) is 0 Å². The molecule has 0 spiro atoms. The number of nitrogens with zero attached hydrogens (tertiary/aromatic N) is 1. The van der Waals surface area contributed by atoms with Gasteiger partial charge in [0.1, 0.15) is 24.5 Å². The van der Waals surface area contributed by atoms with Gasteiger partial charge in [0.25, 0.3) is 11.8 Å². The molecule has 37 heavy (non-hydrogen) atoms. The lowest BCUT2D eigenvalue weighted by atomic mass is 10.1. The number of para-hydroxylation sites is 1. The van der Waals surface area contributed by atoms with Gasteiger partial charge in [0, 0.05) is 4.47 Å². The highest BCUT2D eigenvalue weighted by Gasteiger charge is 2.36. The quantitative estimate of drug-likeness (QED) is 0.229. The molecule has 1 saturated heterocycles. The summed E-state index contributed by atoms with van der Waals surface area (Å²) in [5.74, 6) is 0.253. The van der Waals surface area contributed by atoms with Gasteiger partial charge in [-0.3, -0.25) is 14.9 Å². The van der Waals surface area contributed by atoms with E-state index in [2.05, 4.69) is 21.2 Å². The number of amides is 4. The van der Waals surface area contributed by atoms with Gasteiger partial charge >= 0.3 is 6.03 Å². The Morgan fingerprint density at radius 3 is 2.24 bits per heavy atom. The van der Waals surface area contributed by atoms with Crippen molar-refractivity contribution in [3.8, 4) is 17.2 Å². The summed E-state index contributed by atoms with van der Waals surface area (Å²) >= 11 is 3.32. The second-order valence-corrected chi connectivity index (χ2v) is 9.18. The number of nitrogens with one attached hydrogen (secondary N) is 1. The fourth-order valence-corrected chi connectivity index (χ4v) is 4.13. The van der Waals surface area contributed by atoms with E-state index in [1.807, 2.05) is 32.0 Å². The highest BCUT2D eigenvalue weighted by atomic mass is 79.9. The number of hydrogen-bond acceptors (Lipinski definition) is 6. The Bertz CT molecular complexity index is 1360. The molecule has 0 atom stereocenters. The Morgan fingerprint density at radius 2 is 1.57 bits per heavy atom. The first-order valence-corrected chi connectivity index (χ1v) is 12.2. The normalized spacial score (nSPS) is 14.5. The van der Waals surface area contributed by atoms with Crippen LogP contribution in [0.4, 0.5) is 10.5 Å². The molecule has 0 saturated carbocycles. The van der Waals surface area contributed by atoms with Crippen molar-refractivity contribution < 1.29 is 28.6 Å². The lowest BCUT2D eigenvalue weighted by Crippen LogP contribution is -2.54. The zero-order chi connectivity index (χ0) is 26.5. The van der Waals surface area contributed by atoms with E-state index in [-0.39, 0.29) is 12.2 Å². The van der Waals surface area contributed by atoms with Crippen LogP contribution in [0.1, 0.15) is 16.7 Å². The number of benzene rings is 3. The van der Waals surface area contributed by atoms with Crippen molar-refractivity contribution in [2.75, 3.05) is 25.2 Å². The molecule has 190 valence electrons. The fourth-order valence-electron chi connectivity index (χ4n) is 3.86. The van der Waals surface area contributed by atoms with Crippen LogP contribution in [0.5, 0.6) is 17.2 Å². The number of halogens is 1. The number of aryl methyl sites for hydroxylation is 2. The molecule has 4 amide bonds. The Kier molecular flexibility index (Phi) is 7.93. The van der Waals surface area contributed by atoms with Crippen LogP contribution in [0, 0.1) is 13.8 Å². The molecule has 1 aliphatic rings. The second-order valence-electron chi connectivity index (χ2n) is 8.26. The number of anilines is 1. The molecule has 4 rings (SSSR count). The number of ether oxygens (including phenoxy) is 3. The van der Waals surface area contributed by atoms with Crippen LogP contribution in [0.25, 0.3) is 6.08 Å². The minimum Gasteiger partial charge on any atom is -0.493 e. The molecule has 9 heteroatoms. The van der Waals surface area contributed by atoms with Crippen molar-refractivity contribution in [2.24, 2.45) is 0 Å². The van der Waals surface area contributed by atoms with E-state index in [0.29, 0.717) is 29.4 Å². The van der Waals surface area contributed by atoms with E-state index in [4.69, 9.17) is 14.2 Å². The summed E-state index contributed by atoms with van der Waals surface area (Å²) in [5.41, 5.74) is 2.79. The van der Waals surface area contributed by atoms with E-state index in [9.17, 15) is 14.4 Å². The molecular weight excluding hydrogens is 540 g/mol. The van der Waals surface area contributed by atoms with E-state index in [0.717, 1.165) is 26.2 Å². The van der Waals surface area contributed by atoms with Crippen LogP contribution < -0.4 is 24.4 Å². The minimum atomic E-state index is -0.807. The zero-order valence-corrected chi connectivity index (χ0v) is 22.1. The van der Waals surface area contributed by atoms with Crippen molar-refractivity contribution in [2.45, 2.75) is 13.8 Å². The molecule has 0 aromatic heterocycles. The Hall–Kier alpha value is -4.11. The van der Waals surface area contributed by atoms with Gasteiger partial charge in [-0.25, -0.2) is 9.69 Å². The number of barbiturate groups is 1. The van der Waals surface area contributed by atoms with E-state index in [1.54, 1.807) is 42.5 Å². The summed E-state index contributed by atoms with van der Waals surface area (Å²) in [6, 6.07) is 16.8. The van der Waals surface area contributed by atoms with Crippen molar-refractivity contribution in [3.05, 3.63) is 87.4 Å². The summed E-state index contributed by atoms with van der Waals surface area (Å²) in [6.45, 7) is 4.61. The molecule has 0 bridgehead atoms. The standard InChI is InChI=1S/C28H25BrN2O6/c1-17-5-4-6-18(2)25(17)37-14-13-36-23-12-7-19(16-24(23)35-3)15-22-26(32)30-28(34)31(27(22)33)21-10-8-20(29)9-11-21/h4-12,15-16H,13-14H2,1-3H3,(H,30,32,34)/b22-15+. The topological polar surface area (TPSA) is 94.2 Å². The van der Waals surface area contributed by atoms with E-state index < -0.39 is 17.8 Å². The lowest BCUT2D eigenvalue weighted by molar-refractivity contribution is -0.122. The average molecular weight is 565 g/mol. The van der Waals surface area contributed by atoms with E-state index >= 15 is 0 Å². The molecule has 3 aromatic carbocycles. The first kappa shape index (κ1) is 26.0. The molecule has 8 nitrogen and oxygen atoms in total. The molecule has 0 radical (unpaired) electrons. The van der Waals surface area contributed by atoms with Crippen molar-refractivity contribution in [1.82, 2.24) is 5.32 Å². The highest BCUT2D eigenvalue weighted by Crippen LogP contribution is 2.30. The molecule has 1 fully saturated rings. The largest absolute Gasteiger partial charge is 0.493 e. The van der Waals surface area contributed by atoms with Gasteiger partial charge in [0.15, 0.2) is 11.5 Å². The molecule has 0 unspecified atom stereocenters. The third-order valence-corrected chi connectivity index (χ3v) is 6.21. The summed E-state index contributed by atoms with van der Waals surface area (Å²) in [4.78, 5) is 38.9. The van der Waals surface area contributed by atoms with Gasteiger partial charge in [0.05, 0.1) is 12.8 Å². The van der Waals surface area contributed by atoms with Crippen molar-refractivity contribution in [1.29, 1.82) is 0 Å². The molecule has 0 aliphatic carbocycles. The molecule has 1 heterocycles. The number of carbonyl (C=O) groups is 3. The molecule has 1 N–H and O–H groups in total. The Labute approximate surface area is 223 Å². The van der Waals surface area contributed by atoms with Gasteiger partial charge in [-0.2, -0.15) is 0 Å². The number of methoxy groups -OCH3 is 1. The average Bonchev–Trinajstić information content (AvgIpc) is 2.87. The fraction of sp³-hybridized carbons (Fsp3) is 0.179. The monoisotopic (exact) mass is 564 g/mol. The lowest BCUT2D eigenvalue weighted by Gasteiger charge is -2.26. The first-order valence-electron chi connectivity index (χ1n) is 11.5. The third-order valence-electron chi connectivity index (χ3n) is 5.68. The second kappa shape index (κ2) is 11.3. The van der Waals surface area contributed by atoms with E-state index in [1.165, 1.54) is 13.2 Å². The molecule has 3 aromatic rings. The predicted octanol–water partition coefficient (Wildman–Crippen LogP) is 5.20. The SMILES string of the molecule is COc1cc(/C=C2\C(=O)NC(=O)N(c3ccc(Br)cc3)C2=O)ccc1OCCOc1c(C)cccc1C. The van der Waals surface area contributed by atoms with Gasteiger partial charge in [0.2, 0.25) is 0 Å². The Balaban J connectivity index is 1.48. The summed E-state index contributed by atoms with van der Waals surface area (Å²) in [5, 5.41) is 2.22. The maximum atomic E-state index is 13.1. The minimum absolute atomic E-state index is 0.180.